The summed E-state index contributed by atoms with van der Waals surface area (Å²) >= 11 is 8.57. The number of ether oxygens (including phenoxy) is 1. The number of halogens is 1. The van der Waals surface area contributed by atoms with Crippen molar-refractivity contribution in [3.63, 3.8) is 0 Å². The van der Waals surface area contributed by atoms with Gasteiger partial charge in [-0.25, -0.2) is 4.98 Å². The minimum absolute atomic E-state index is 0.133. The summed E-state index contributed by atoms with van der Waals surface area (Å²) in [6.07, 6.45) is 0.586. The summed E-state index contributed by atoms with van der Waals surface area (Å²) in [5.41, 5.74) is 4.62. The molecular formula is C24H20BrN3O3S. The lowest BCUT2D eigenvalue weighted by Gasteiger charge is -2.11. The topological polar surface area (TPSA) is 76.4 Å². The molecule has 1 amide bonds. The monoisotopic (exact) mass is 509 g/mol. The Balaban J connectivity index is 1.27. The number of anilines is 1. The second-order valence-electron chi connectivity index (χ2n) is 7.20. The van der Waals surface area contributed by atoms with Crippen LogP contribution in [-0.2, 0) is 11.2 Å². The van der Waals surface area contributed by atoms with E-state index < -0.39 is 0 Å². The maximum absolute atomic E-state index is 12.0. The highest BCUT2D eigenvalue weighted by atomic mass is 79.9. The number of carbonyl (C=O) groups excluding carboxylic acids is 1. The molecule has 0 saturated heterocycles. The number of nitrogens with one attached hydrogen (secondary N) is 2. The van der Waals surface area contributed by atoms with Crippen molar-refractivity contribution in [3.8, 4) is 5.75 Å². The van der Waals surface area contributed by atoms with Crippen LogP contribution in [0.5, 0.6) is 5.75 Å². The summed E-state index contributed by atoms with van der Waals surface area (Å²) in [6.45, 7) is 1.90. The van der Waals surface area contributed by atoms with Gasteiger partial charge in [-0.05, 0) is 78.8 Å². The van der Waals surface area contributed by atoms with E-state index in [1.807, 2.05) is 61.5 Å². The molecule has 4 rings (SSSR count). The molecule has 0 fully saturated rings. The van der Waals surface area contributed by atoms with Gasteiger partial charge in [0.25, 0.3) is 5.91 Å². The van der Waals surface area contributed by atoms with Crippen molar-refractivity contribution in [2.24, 2.45) is 0 Å². The van der Waals surface area contributed by atoms with Crippen molar-refractivity contribution < 1.29 is 13.9 Å². The van der Waals surface area contributed by atoms with Gasteiger partial charge in [0, 0.05) is 16.6 Å². The zero-order valence-corrected chi connectivity index (χ0v) is 19.6. The van der Waals surface area contributed by atoms with Crippen molar-refractivity contribution in [1.29, 1.82) is 0 Å². The summed E-state index contributed by atoms with van der Waals surface area (Å²) in [5.74, 6) is 0.931. The van der Waals surface area contributed by atoms with Crippen molar-refractivity contribution in [3.05, 3.63) is 88.2 Å². The third-order valence-corrected chi connectivity index (χ3v) is 5.32. The Bertz CT molecular complexity index is 1250. The van der Waals surface area contributed by atoms with Crippen LogP contribution < -0.4 is 15.4 Å². The molecule has 0 aliphatic rings. The first-order chi connectivity index (χ1) is 15.4. The third-order valence-electron chi connectivity index (χ3n) is 4.59. The first-order valence-electron chi connectivity index (χ1n) is 9.89. The summed E-state index contributed by atoms with van der Waals surface area (Å²) in [6, 6.07) is 20.9. The Morgan fingerprint density at radius 1 is 1.09 bits per heavy atom. The van der Waals surface area contributed by atoms with Gasteiger partial charge in [-0.2, -0.15) is 0 Å². The van der Waals surface area contributed by atoms with Gasteiger partial charge < -0.3 is 14.5 Å². The van der Waals surface area contributed by atoms with Crippen LogP contribution in [-0.4, -0.2) is 22.6 Å². The molecule has 162 valence electrons. The molecule has 8 heteroatoms. The van der Waals surface area contributed by atoms with Gasteiger partial charge in [0.2, 0.25) is 0 Å². The Labute approximate surface area is 199 Å². The number of fused-ring (bicyclic) bond motifs is 1. The van der Waals surface area contributed by atoms with E-state index >= 15 is 0 Å². The smallest absolute Gasteiger partial charge is 0.264 e. The number of thiocarbonyl (C=S) groups is 1. The minimum atomic E-state index is -0.340. The Kier molecular flexibility index (Phi) is 6.82. The van der Waals surface area contributed by atoms with E-state index in [1.54, 1.807) is 12.1 Å². The van der Waals surface area contributed by atoms with Gasteiger partial charge in [0.05, 0.1) is 0 Å². The summed E-state index contributed by atoms with van der Waals surface area (Å²) < 4.78 is 12.2. The van der Waals surface area contributed by atoms with Crippen molar-refractivity contribution in [2.45, 2.75) is 13.3 Å². The number of hydrogen-bond acceptors (Lipinski definition) is 5. The standard InChI is InChI=1S/C24H20BrN3O3S/c1-15-2-11-21-20(12-15)27-23(31-21)13-16-3-7-18(8-4-16)26-24(32)28-22(29)14-30-19-9-5-17(25)6-10-19/h2-12H,13-14H2,1H3,(H2,26,28,29,32). The van der Waals surface area contributed by atoms with E-state index in [9.17, 15) is 4.79 Å². The molecule has 1 heterocycles. The summed E-state index contributed by atoms with van der Waals surface area (Å²) in [4.78, 5) is 16.6. The van der Waals surface area contributed by atoms with Gasteiger partial charge in [-0.1, -0.05) is 34.1 Å². The number of oxazole rings is 1. The second kappa shape index (κ2) is 9.93. The Morgan fingerprint density at radius 2 is 1.84 bits per heavy atom. The molecule has 6 nitrogen and oxygen atoms in total. The van der Waals surface area contributed by atoms with Crippen LogP contribution in [0.15, 0.2) is 75.6 Å². The van der Waals surface area contributed by atoms with Gasteiger partial charge in [0.1, 0.15) is 11.3 Å². The molecular weight excluding hydrogens is 490 g/mol. The normalized spacial score (nSPS) is 10.7. The minimum Gasteiger partial charge on any atom is -0.484 e. The molecule has 0 bridgehead atoms. The average molecular weight is 510 g/mol. The highest BCUT2D eigenvalue weighted by molar-refractivity contribution is 9.10. The predicted octanol–water partition coefficient (Wildman–Crippen LogP) is 5.38. The van der Waals surface area contributed by atoms with E-state index in [-0.39, 0.29) is 17.6 Å². The van der Waals surface area contributed by atoms with Crippen LogP contribution >= 0.6 is 28.1 Å². The average Bonchev–Trinajstić information content (AvgIpc) is 3.16. The molecule has 4 aromatic rings. The van der Waals surface area contributed by atoms with Gasteiger partial charge in [-0.15, -0.1) is 0 Å². The fraction of sp³-hybridized carbons (Fsp3) is 0.125. The van der Waals surface area contributed by atoms with Crippen LogP contribution in [0.4, 0.5) is 5.69 Å². The van der Waals surface area contributed by atoms with Gasteiger partial charge in [0.15, 0.2) is 23.2 Å². The molecule has 0 aliphatic heterocycles. The summed E-state index contributed by atoms with van der Waals surface area (Å²) in [7, 11) is 0. The predicted molar refractivity (Wildman–Crippen MR) is 132 cm³/mol. The maximum atomic E-state index is 12.0. The number of aromatic nitrogens is 1. The fourth-order valence-corrected chi connectivity index (χ4v) is 3.54. The van der Waals surface area contributed by atoms with E-state index in [1.165, 1.54) is 0 Å². The zero-order valence-electron chi connectivity index (χ0n) is 17.2. The molecule has 32 heavy (non-hydrogen) atoms. The lowest BCUT2D eigenvalue weighted by atomic mass is 10.1. The number of rotatable bonds is 6. The lowest BCUT2D eigenvalue weighted by Crippen LogP contribution is -2.37. The van der Waals surface area contributed by atoms with E-state index in [0.717, 1.165) is 32.4 Å². The first kappa shape index (κ1) is 22.0. The van der Waals surface area contributed by atoms with Crippen LogP contribution in [0, 0.1) is 6.92 Å². The highest BCUT2D eigenvalue weighted by Gasteiger charge is 2.09. The molecule has 0 saturated carbocycles. The van der Waals surface area contributed by atoms with Crippen LogP contribution in [0.3, 0.4) is 0 Å². The van der Waals surface area contributed by atoms with Gasteiger partial charge >= 0.3 is 0 Å². The number of nitrogens with zero attached hydrogens (tertiary/aromatic N) is 1. The molecule has 0 atom stereocenters. The molecule has 3 aromatic carbocycles. The lowest BCUT2D eigenvalue weighted by molar-refractivity contribution is -0.121. The fourth-order valence-electron chi connectivity index (χ4n) is 3.05. The van der Waals surface area contributed by atoms with Crippen molar-refractivity contribution in [2.75, 3.05) is 11.9 Å². The van der Waals surface area contributed by atoms with Gasteiger partial charge in [-0.3, -0.25) is 10.1 Å². The molecule has 2 N–H and O–H groups in total. The Hall–Kier alpha value is -3.23. The highest BCUT2D eigenvalue weighted by Crippen LogP contribution is 2.20. The van der Waals surface area contributed by atoms with Crippen molar-refractivity contribution in [1.82, 2.24) is 10.3 Å². The van der Waals surface area contributed by atoms with Crippen LogP contribution in [0.2, 0.25) is 0 Å². The molecule has 0 radical (unpaired) electrons. The Morgan fingerprint density at radius 3 is 2.59 bits per heavy atom. The first-order valence-corrected chi connectivity index (χ1v) is 11.1. The van der Waals surface area contributed by atoms with E-state index in [4.69, 9.17) is 21.4 Å². The quantitative estimate of drug-likeness (QED) is 0.339. The number of amides is 1. The van der Waals surface area contributed by atoms with Crippen LogP contribution in [0.25, 0.3) is 11.1 Å². The number of hydrogen-bond donors (Lipinski definition) is 2. The maximum Gasteiger partial charge on any atom is 0.264 e. The number of benzene rings is 3. The SMILES string of the molecule is Cc1ccc2oc(Cc3ccc(NC(=S)NC(=O)COc4ccc(Br)cc4)cc3)nc2c1. The number of carbonyl (C=O) groups is 1. The largest absolute Gasteiger partial charge is 0.484 e. The molecule has 0 spiro atoms. The number of aryl methyl sites for hydroxylation is 1. The van der Waals surface area contributed by atoms with Crippen molar-refractivity contribution >= 4 is 56.0 Å². The zero-order chi connectivity index (χ0) is 22.5. The van der Waals surface area contributed by atoms with E-state index in [0.29, 0.717) is 18.1 Å². The van der Waals surface area contributed by atoms with E-state index in [2.05, 4.69) is 31.5 Å². The van der Waals surface area contributed by atoms with Crippen LogP contribution in [0.1, 0.15) is 17.0 Å². The molecule has 0 aliphatic carbocycles. The second-order valence-corrected chi connectivity index (χ2v) is 8.52. The summed E-state index contributed by atoms with van der Waals surface area (Å²) in [5, 5.41) is 5.81. The molecule has 0 unspecified atom stereocenters. The third kappa shape index (κ3) is 5.93. The molecule has 1 aromatic heterocycles.